The van der Waals surface area contributed by atoms with Gasteiger partial charge in [0.05, 0.1) is 0 Å². The first-order valence-electron chi connectivity index (χ1n) is 3.31. The van der Waals surface area contributed by atoms with Crippen molar-refractivity contribution in [2.45, 2.75) is 20.4 Å². The minimum absolute atomic E-state index is 0.620. The van der Waals surface area contributed by atoms with Gasteiger partial charge in [-0.3, -0.25) is 0 Å². The van der Waals surface area contributed by atoms with Gasteiger partial charge in [-0.2, -0.15) is 0 Å². The average Bonchev–Trinajstić information content (AvgIpc) is 1.83. The van der Waals surface area contributed by atoms with Crippen LogP contribution in [-0.2, 0) is 8.85 Å². The summed E-state index contributed by atoms with van der Waals surface area (Å²) in [6, 6.07) is 0. The Bertz CT molecular complexity index is 66.1. The van der Waals surface area contributed by atoms with Crippen LogP contribution in [0.15, 0.2) is 0 Å². The zero-order valence-corrected chi connectivity index (χ0v) is 7.83. The van der Waals surface area contributed by atoms with Gasteiger partial charge in [-0.25, -0.2) is 0 Å². The molecule has 1 atom stereocenters. The normalized spacial score (nSPS) is 14.3. The summed E-state index contributed by atoms with van der Waals surface area (Å²) >= 11 is 0. The third-order valence-corrected chi connectivity index (χ3v) is 2.32. The predicted molar refractivity (Wildman–Crippen MR) is 40.8 cm³/mol. The lowest BCUT2D eigenvalue weighted by Gasteiger charge is -2.10. The Labute approximate surface area is 59.0 Å². The molecule has 0 heterocycles. The van der Waals surface area contributed by atoms with Gasteiger partial charge in [0.15, 0.2) is 0 Å². The lowest BCUT2D eigenvalue weighted by atomic mass is 10.2. The minimum atomic E-state index is -1.24. The highest BCUT2D eigenvalue weighted by Gasteiger charge is 2.02. The number of hydrogen-bond acceptors (Lipinski definition) is 2. The zero-order valence-electron chi connectivity index (χ0n) is 6.68. The second kappa shape index (κ2) is 4.96. The Hall–Kier alpha value is 0.137. The van der Waals surface area contributed by atoms with Gasteiger partial charge in [-0.05, 0) is 12.5 Å². The molecule has 0 aromatic heterocycles. The Morgan fingerprint density at radius 1 is 1.44 bits per heavy atom. The van der Waals surface area contributed by atoms with E-state index < -0.39 is 9.28 Å². The van der Waals surface area contributed by atoms with Crippen molar-refractivity contribution in [1.29, 1.82) is 0 Å². The fourth-order valence-electron chi connectivity index (χ4n) is 0.396. The molecule has 0 aliphatic rings. The van der Waals surface area contributed by atoms with Crippen molar-refractivity contribution in [1.82, 2.24) is 0 Å². The lowest BCUT2D eigenvalue weighted by Crippen LogP contribution is -2.18. The maximum atomic E-state index is 5.37. The molecule has 0 fully saturated rings. The smallest absolute Gasteiger partial charge is 0.317 e. The highest BCUT2D eigenvalue weighted by molar-refractivity contribution is 6.42. The van der Waals surface area contributed by atoms with Crippen LogP contribution in [0.3, 0.4) is 0 Å². The van der Waals surface area contributed by atoms with Crippen LogP contribution < -0.4 is 0 Å². The van der Waals surface area contributed by atoms with Crippen LogP contribution in [0.5, 0.6) is 0 Å². The van der Waals surface area contributed by atoms with Crippen molar-refractivity contribution in [3.63, 3.8) is 0 Å². The molecule has 0 aromatic rings. The first-order chi connectivity index (χ1) is 4.16. The molecule has 0 spiro atoms. The zero-order chi connectivity index (χ0) is 7.28. The van der Waals surface area contributed by atoms with Gasteiger partial charge in [-0.15, -0.1) is 0 Å². The summed E-state index contributed by atoms with van der Waals surface area (Å²) in [5, 5.41) is 0. The van der Waals surface area contributed by atoms with Gasteiger partial charge >= 0.3 is 9.28 Å². The molecule has 9 heavy (non-hydrogen) atoms. The van der Waals surface area contributed by atoms with Crippen LogP contribution in [0.25, 0.3) is 0 Å². The molecule has 3 heteroatoms. The monoisotopic (exact) mass is 148 g/mol. The predicted octanol–water partition coefficient (Wildman–Crippen LogP) is 1.16. The first kappa shape index (κ1) is 9.14. The van der Waals surface area contributed by atoms with Gasteiger partial charge in [-0.1, -0.05) is 13.8 Å². The molecule has 0 aromatic carbocycles. The van der Waals surface area contributed by atoms with Crippen molar-refractivity contribution in [2.24, 2.45) is 5.92 Å². The summed E-state index contributed by atoms with van der Waals surface area (Å²) < 4.78 is 10.4. The van der Waals surface area contributed by atoms with E-state index in [1.807, 2.05) is 6.55 Å². The van der Waals surface area contributed by atoms with Gasteiger partial charge in [0.25, 0.3) is 0 Å². The third kappa shape index (κ3) is 6.02. The SMILES string of the molecule is CO[SiH](C)OCC(C)C. The van der Waals surface area contributed by atoms with Gasteiger partial charge in [0.1, 0.15) is 0 Å². The van der Waals surface area contributed by atoms with E-state index in [0.717, 1.165) is 6.61 Å². The summed E-state index contributed by atoms with van der Waals surface area (Å²) in [5.74, 6) is 0.620. The molecule has 0 aliphatic carbocycles. The van der Waals surface area contributed by atoms with Gasteiger partial charge in [0.2, 0.25) is 0 Å². The second-order valence-electron chi connectivity index (χ2n) is 2.53. The molecule has 1 unspecified atom stereocenters. The van der Waals surface area contributed by atoms with Crippen LogP contribution in [0.2, 0.25) is 6.55 Å². The molecule has 0 bridgehead atoms. The molecular weight excluding hydrogens is 132 g/mol. The summed E-state index contributed by atoms with van der Waals surface area (Å²) in [6.07, 6.45) is 0. The topological polar surface area (TPSA) is 18.5 Å². The van der Waals surface area contributed by atoms with Crippen LogP contribution in [0.4, 0.5) is 0 Å². The summed E-state index contributed by atoms with van der Waals surface area (Å²) in [6.45, 7) is 7.14. The van der Waals surface area contributed by atoms with Crippen molar-refractivity contribution >= 4 is 9.28 Å². The number of rotatable bonds is 4. The largest absolute Gasteiger partial charge is 0.400 e. The fourth-order valence-corrected chi connectivity index (χ4v) is 1.19. The van der Waals surface area contributed by atoms with Crippen molar-refractivity contribution < 1.29 is 8.85 Å². The van der Waals surface area contributed by atoms with Crippen LogP contribution in [-0.4, -0.2) is 23.0 Å². The lowest BCUT2D eigenvalue weighted by molar-refractivity contribution is 0.208. The standard InChI is InChI=1S/C6H16O2Si/c1-6(2)5-8-9(4)7-3/h6,9H,5H2,1-4H3. The van der Waals surface area contributed by atoms with E-state index in [9.17, 15) is 0 Å². The Kier molecular flexibility index (Phi) is 5.04. The Balaban J connectivity index is 3.06. The van der Waals surface area contributed by atoms with E-state index in [1.54, 1.807) is 7.11 Å². The maximum Gasteiger partial charge on any atom is 0.317 e. The first-order valence-corrected chi connectivity index (χ1v) is 5.41. The Morgan fingerprint density at radius 2 is 2.00 bits per heavy atom. The molecule has 2 nitrogen and oxygen atoms in total. The second-order valence-corrected chi connectivity index (χ2v) is 4.47. The highest BCUT2D eigenvalue weighted by Crippen LogP contribution is 1.94. The molecule has 0 rings (SSSR count). The van der Waals surface area contributed by atoms with E-state index in [4.69, 9.17) is 8.85 Å². The van der Waals surface area contributed by atoms with E-state index >= 15 is 0 Å². The van der Waals surface area contributed by atoms with Crippen LogP contribution in [0, 0.1) is 5.92 Å². The van der Waals surface area contributed by atoms with E-state index in [1.165, 1.54) is 0 Å². The molecule has 0 amide bonds. The molecular formula is C6H16O2Si. The summed E-state index contributed by atoms with van der Waals surface area (Å²) in [7, 11) is 0.468. The number of hydrogen-bond donors (Lipinski definition) is 0. The van der Waals surface area contributed by atoms with Crippen molar-refractivity contribution in [3.05, 3.63) is 0 Å². The van der Waals surface area contributed by atoms with E-state index in [-0.39, 0.29) is 0 Å². The molecule has 0 N–H and O–H groups in total. The third-order valence-electron chi connectivity index (χ3n) is 0.996. The van der Waals surface area contributed by atoms with E-state index in [0.29, 0.717) is 5.92 Å². The average molecular weight is 148 g/mol. The highest BCUT2D eigenvalue weighted by atomic mass is 28.3. The molecule has 0 saturated heterocycles. The maximum absolute atomic E-state index is 5.37. The summed E-state index contributed by atoms with van der Waals surface area (Å²) in [5.41, 5.74) is 0. The minimum Gasteiger partial charge on any atom is -0.400 e. The van der Waals surface area contributed by atoms with Gasteiger partial charge < -0.3 is 8.85 Å². The Morgan fingerprint density at radius 3 is 2.33 bits per heavy atom. The molecule has 56 valence electrons. The molecule has 0 saturated carbocycles. The quantitative estimate of drug-likeness (QED) is 0.557. The van der Waals surface area contributed by atoms with Crippen LogP contribution >= 0.6 is 0 Å². The summed E-state index contributed by atoms with van der Waals surface area (Å²) in [4.78, 5) is 0. The molecule has 0 aliphatic heterocycles. The van der Waals surface area contributed by atoms with Gasteiger partial charge in [0, 0.05) is 13.7 Å². The van der Waals surface area contributed by atoms with Crippen molar-refractivity contribution in [2.75, 3.05) is 13.7 Å². The fraction of sp³-hybridized carbons (Fsp3) is 1.00. The van der Waals surface area contributed by atoms with Crippen molar-refractivity contribution in [3.8, 4) is 0 Å². The van der Waals surface area contributed by atoms with Crippen LogP contribution in [0.1, 0.15) is 13.8 Å². The molecule has 0 radical (unpaired) electrons. The van der Waals surface area contributed by atoms with E-state index in [2.05, 4.69) is 13.8 Å².